The lowest BCUT2D eigenvalue weighted by atomic mass is 10.1. The molecule has 2 atom stereocenters. The predicted octanol–water partition coefficient (Wildman–Crippen LogP) is 2.47. The molecular formula is C15H18FNO2. The average molecular weight is 263 g/mol. The molecular weight excluding hydrogens is 245 g/mol. The zero-order chi connectivity index (χ0) is 13.8. The van der Waals surface area contributed by atoms with Gasteiger partial charge < -0.3 is 9.64 Å². The number of hydrogen-bond acceptors (Lipinski definition) is 2. The van der Waals surface area contributed by atoms with Crippen LogP contribution in [0.1, 0.15) is 19.4 Å². The summed E-state index contributed by atoms with van der Waals surface area (Å²) in [7, 11) is 0. The van der Waals surface area contributed by atoms with Gasteiger partial charge in [-0.3, -0.25) is 4.79 Å². The van der Waals surface area contributed by atoms with Crippen molar-refractivity contribution in [1.29, 1.82) is 0 Å². The standard InChI is InChI=1S/C15H18FNO2/c1-11-9-19-10-12(2)17(11)15(18)7-6-13-4-3-5-14(16)8-13/h3-8,11-12H,9-10H2,1-2H3/b7-6+/t11-,12+. The Labute approximate surface area is 112 Å². The second-order valence-corrected chi connectivity index (χ2v) is 4.87. The van der Waals surface area contributed by atoms with Crippen molar-refractivity contribution in [2.75, 3.05) is 13.2 Å². The molecule has 3 nitrogen and oxygen atoms in total. The van der Waals surface area contributed by atoms with E-state index in [0.717, 1.165) is 0 Å². The molecule has 0 saturated carbocycles. The van der Waals surface area contributed by atoms with E-state index in [4.69, 9.17) is 4.74 Å². The van der Waals surface area contributed by atoms with Crippen LogP contribution in [-0.2, 0) is 9.53 Å². The monoisotopic (exact) mass is 263 g/mol. The van der Waals surface area contributed by atoms with Crippen LogP contribution in [0.25, 0.3) is 6.08 Å². The Bertz CT molecular complexity index is 477. The molecule has 0 unspecified atom stereocenters. The summed E-state index contributed by atoms with van der Waals surface area (Å²) in [6, 6.07) is 6.29. The van der Waals surface area contributed by atoms with Crippen molar-refractivity contribution in [3.63, 3.8) is 0 Å². The maximum Gasteiger partial charge on any atom is 0.247 e. The molecule has 4 heteroatoms. The Balaban J connectivity index is 2.07. The van der Waals surface area contributed by atoms with Crippen LogP contribution in [-0.4, -0.2) is 36.1 Å². The smallest absolute Gasteiger partial charge is 0.247 e. The minimum atomic E-state index is -0.303. The summed E-state index contributed by atoms with van der Waals surface area (Å²) >= 11 is 0. The van der Waals surface area contributed by atoms with Crippen LogP contribution in [0.5, 0.6) is 0 Å². The molecule has 1 saturated heterocycles. The summed E-state index contributed by atoms with van der Waals surface area (Å²) < 4.78 is 18.4. The van der Waals surface area contributed by atoms with Crippen LogP contribution >= 0.6 is 0 Å². The van der Waals surface area contributed by atoms with Crippen molar-refractivity contribution >= 4 is 12.0 Å². The summed E-state index contributed by atoms with van der Waals surface area (Å²) in [5.41, 5.74) is 0.682. The van der Waals surface area contributed by atoms with Gasteiger partial charge in [-0.1, -0.05) is 12.1 Å². The highest BCUT2D eigenvalue weighted by Gasteiger charge is 2.27. The van der Waals surface area contributed by atoms with Gasteiger partial charge in [0, 0.05) is 6.08 Å². The highest BCUT2D eigenvalue weighted by molar-refractivity contribution is 5.92. The molecule has 1 aromatic rings. The predicted molar refractivity (Wildman–Crippen MR) is 72.0 cm³/mol. The zero-order valence-corrected chi connectivity index (χ0v) is 11.2. The SMILES string of the molecule is C[C@@H]1COC[C@H](C)N1C(=O)/C=C/c1cccc(F)c1. The largest absolute Gasteiger partial charge is 0.377 e. The van der Waals surface area contributed by atoms with E-state index in [0.29, 0.717) is 18.8 Å². The lowest BCUT2D eigenvalue weighted by Gasteiger charge is -2.38. The van der Waals surface area contributed by atoms with Crippen LogP contribution in [0, 0.1) is 5.82 Å². The molecule has 0 radical (unpaired) electrons. The average Bonchev–Trinajstić information content (AvgIpc) is 2.36. The van der Waals surface area contributed by atoms with Crippen molar-refractivity contribution in [3.8, 4) is 0 Å². The second kappa shape index (κ2) is 5.97. The van der Waals surface area contributed by atoms with E-state index in [2.05, 4.69) is 0 Å². The van der Waals surface area contributed by atoms with Crippen LogP contribution < -0.4 is 0 Å². The normalized spacial score (nSPS) is 23.8. The summed E-state index contributed by atoms with van der Waals surface area (Å²) in [6.07, 6.45) is 3.13. The fraction of sp³-hybridized carbons (Fsp3) is 0.400. The molecule has 1 heterocycles. The summed E-state index contributed by atoms with van der Waals surface area (Å²) in [5.74, 6) is -0.365. The van der Waals surface area contributed by atoms with Crippen LogP contribution in [0.15, 0.2) is 30.3 Å². The molecule has 1 aliphatic heterocycles. The second-order valence-electron chi connectivity index (χ2n) is 4.87. The quantitative estimate of drug-likeness (QED) is 0.767. The maximum absolute atomic E-state index is 13.0. The molecule has 19 heavy (non-hydrogen) atoms. The fourth-order valence-electron chi connectivity index (χ4n) is 2.30. The molecule has 1 fully saturated rings. The van der Waals surface area contributed by atoms with Crippen molar-refractivity contribution in [2.24, 2.45) is 0 Å². The van der Waals surface area contributed by atoms with E-state index in [1.165, 1.54) is 18.2 Å². The van der Waals surface area contributed by atoms with Gasteiger partial charge in [0.05, 0.1) is 25.3 Å². The van der Waals surface area contributed by atoms with Gasteiger partial charge in [0.25, 0.3) is 0 Å². The van der Waals surface area contributed by atoms with Crippen LogP contribution in [0.3, 0.4) is 0 Å². The van der Waals surface area contributed by atoms with E-state index in [1.54, 1.807) is 23.1 Å². The zero-order valence-electron chi connectivity index (χ0n) is 11.2. The van der Waals surface area contributed by atoms with Gasteiger partial charge in [-0.05, 0) is 37.6 Å². The number of nitrogens with zero attached hydrogens (tertiary/aromatic N) is 1. The highest BCUT2D eigenvalue weighted by atomic mass is 19.1. The highest BCUT2D eigenvalue weighted by Crippen LogP contribution is 2.14. The molecule has 0 aliphatic carbocycles. The van der Waals surface area contributed by atoms with Crippen molar-refractivity contribution in [1.82, 2.24) is 4.90 Å². The van der Waals surface area contributed by atoms with E-state index >= 15 is 0 Å². The first-order valence-corrected chi connectivity index (χ1v) is 6.41. The molecule has 0 bridgehead atoms. The number of carbonyl (C=O) groups is 1. The van der Waals surface area contributed by atoms with Gasteiger partial charge in [-0.2, -0.15) is 0 Å². The third kappa shape index (κ3) is 3.41. The number of carbonyl (C=O) groups excluding carboxylic acids is 1. The fourth-order valence-corrected chi connectivity index (χ4v) is 2.30. The number of hydrogen-bond donors (Lipinski definition) is 0. The van der Waals surface area contributed by atoms with Crippen LogP contribution in [0.2, 0.25) is 0 Å². The number of ether oxygens (including phenoxy) is 1. The minimum Gasteiger partial charge on any atom is -0.377 e. The van der Waals surface area contributed by atoms with E-state index in [9.17, 15) is 9.18 Å². The van der Waals surface area contributed by atoms with E-state index in [-0.39, 0.29) is 23.8 Å². The lowest BCUT2D eigenvalue weighted by molar-refractivity contribution is -0.138. The molecule has 2 rings (SSSR count). The molecule has 1 amide bonds. The number of rotatable bonds is 2. The van der Waals surface area contributed by atoms with E-state index < -0.39 is 0 Å². The number of benzene rings is 1. The molecule has 0 N–H and O–H groups in total. The molecule has 1 aromatic carbocycles. The van der Waals surface area contributed by atoms with Gasteiger partial charge in [0.1, 0.15) is 5.82 Å². The number of amides is 1. The molecule has 1 aliphatic rings. The molecule has 0 aromatic heterocycles. The summed E-state index contributed by atoms with van der Waals surface area (Å²) in [4.78, 5) is 14.0. The lowest BCUT2D eigenvalue weighted by Crippen LogP contribution is -2.51. The first kappa shape index (κ1) is 13.7. The number of morpholine rings is 1. The van der Waals surface area contributed by atoms with Crippen molar-refractivity contribution in [3.05, 3.63) is 41.7 Å². The Morgan fingerprint density at radius 3 is 2.68 bits per heavy atom. The Hall–Kier alpha value is -1.68. The third-order valence-corrected chi connectivity index (χ3v) is 3.19. The summed E-state index contributed by atoms with van der Waals surface area (Å²) in [5, 5.41) is 0. The molecule has 0 spiro atoms. The Morgan fingerprint density at radius 2 is 2.05 bits per heavy atom. The first-order chi connectivity index (χ1) is 9.08. The summed E-state index contributed by atoms with van der Waals surface area (Å²) in [6.45, 7) is 5.04. The number of halogens is 1. The van der Waals surface area contributed by atoms with Crippen molar-refractivity contribution < 1.29 is 13.9 Å². The van der Waals surface area contributed by atoms with E-state index in [1.807, 2.05) is 13.8 Å². The molecule has 102 valence electrons. The van der Waals surface area contributed by atoms with Crippen molar-refractivity contribution in [2.45, 2.75) is 25.9 Å². The first-order valence-electron chi connectivity index (χ1n) is 6.41. The van der Waals surface area contributed by atoms with Gasteiger partial charge in [-0.15, -0.1) is 0 Å². The van der Waals surface area contributed by atoms with Gasteiger partial charge in [-0.25, -0.2) is 4.39 Å². The van der Waals surface area contributed by atoms with Gasteiger partial charge >= 0.3 is 0 Å². The van der Waals surface area contributed by atoms with Gasteiger partial charge in [0.15, 0.2) is 0 Å². The third-order valence-electron chi connectivity index (χ3n) is 3.19. The Kier molecular flexibility index (Phi) is 4.32. The maximum atomic E-state index is 13.0. The Morgan fingerprint density at radius 1 is 1.37 bits per heavy atom. The van der Waals surface area contributed by atoms with Gasteiger partial charge in [0.2, 0.25) is 5.91 Å². The van der Waals surface area contributed by atoms with Crippen LogP contribution in [0.4, 0.5) is 4.39 Å². The minimum absolute atomic E-state index is 0.0624. The topological polar surface area (TPSA) is 29.5 Å².